The van der Waals surface area contributed by atoms with Crippen LogP contribution >= 0.6 is 0 Å². The number of morpholine rings is 1. The third-order valence-corrected chi connectivity index (χ3v) is 6.23. The molecule has 3 rings (SSSR count). The van der Waals surface area contributed by atoms with E-state index >= 15 is 0 Å². The summed E-state index contributed by atoms with van der Waals surface area (Å²) in [6, 6.07) is 3.13. The number of amidine groups is 2. The highest BCUT2D eigenvalue weighted by Gasteiger charge is 2.33. The van der Waals surface area contributed by atoms with E-state index in [0.29, 0.717) is 17.9 Å². The maximum absolute atomic E-state index is 11.5. The second-order valence-corrected chi connectivity index (χ2v) is 8.42. The van der Waals surface area contributed by atoms with Gasteiger partial charge in [0, 0.05) is 31.2 Å². The number of hydrogen-bond donors (Lipinski definition) is 4. The van der Waals surface area contributed by atoms with Crippen molar-refractivity contribution in [2.45, 2.75) is 57.5 Å². The van der Waals surface area contributed by atoms with Gasteiger partial charge < -0.3 is 19.8 Å². The molecule has 1 aromatic rings. The first-order chi connectivity index (χ1) is 14.3. The molecule has 164 valence electrons. The van der Waals surface area contributed by atoms with Crippen molar-refractivity contribution in [2.75, 3.05) is 26.3 Å². The molecule has 0 amide bonds. The highest BCUT2D eigenvalue weighted by molar-refractivity contribution is 6.31. The number of carbonyl (C=O) groups excluding carboxylic acids is 1. The van der Waals surface area contributed by atoms with Crippen LogP contribution in [0.25, 0.3) is 0 Å². The standard InChI is InChI=1S/C22H32N4O4/c1-14(2)17-11-18(20(29)12-19(17)28)22(24)26(21(23)13-27)16-5-3-15(4-6-16)25-7-9-30-10-8-25/h11-16,23-24,28-29H,3-10H2,1-2H3. The number of aromatic hydroxyl groups is 2. The van der Waals surface area contributed by atoms with E-state index in [0.717, 1.165) is 52.0 Å². The molecule has 1 aromatic carbocycles. The Labute approximate surface area is 177 Å². The Bertz CT molecular complexity index is 797. The largest absolute Gasteiger partial charge is 0.508 e. The molecule has 2 aliphatic rings. The molecule has 0 unspecified atom stereocenters. The van der Waals surface area contributed by atoms with Crippen molar-refractivity contribution < 1.29 is 19.7 Å². The van der Waals surface area contributed by atoms with Gasteiger partial charge in [0.1, 0.15) is 17.3 Å². The highest BCUT2D eigenvalue weighted by Crippen LogP contribution is 2.34. The third-order valence-electron chi connectivity index (χ3n) is 6.23. The Kier molecular flexibility index (Phi) is 7.10. The average molecular weight is 417 g/mol. The molecular weight excluding hydrogens is 384 g/mol. The van der Waals surface area contributed by atoms with E-state index in [1.165, 1.54) is 11.0 Å². The molecule has 0 atom stereocenters. The normalized spacial score (nSPS) is 22.6. The van der Waals surface area contributed by atoms with Crippen molar-refractivity contribution in [3.05, 3.63) is 23.3 Å². The van der Waals surface area contributed by atoms with E-state index in [4.69, 9.17) is 15.6 Å². The van der Waals surface area contributed by atoms with Gasteiger partial charge in [-0.3, -0.25) is 20.5 Å². The van der Waals surface area contributed by atoms with Gasteiger partial charge >= 0.3 is 0 Å². The predicted molar refractivity (Wildman–Crippen MR) is 115 cm³/mol. The van der Waals surface area contributed by atoms with Crippen molar-refractivity contribution >= 4 is 18.0 Å². The second-order valence-electron chi connectivity index (χ2n) is 8.42. The molecule has 0 radical (unpaired) electrons. The smallest absolute Gasteiger partial charge is 0.185 e. The van der Waals surface area contributed by atoms with Crippen LogP contribution in [0.5, 0.6) is 11.5 Å². The van der Waals surface area contributed by atoms with Gasteiger partial charge in [-0.25, -0.2) is 0 Å². The molecule has 2 fully saturated rings. The minimum Gasteiger partial charge on any atom is -0.508 e. The van der Waals surface area contributed by atoms with Crippen molar-refractivity contribution in [2.24, 2.45) is 0 Å². The Morgan fingerprint density at radius 1 is 1.13 bits per heavy atom. The molecule has 1 saturated heterocycles. The number of phenols is 2. The number of phenolic OH excluding ortho intramolecular Hbond substituents is 2. The first-order valence-electron chi connectivity index (χ1n) is 10.6. The maximum atomic E-state index is 11.5. The van der Waals surface area contributed by atoms with E-state index in [2.05, 4.69) is 4.90 Å². The number of benzene rings is 1. The molecular formula is C22H32N4O4. The number of nitrogens with zero attached hydrogens (tertiary/aromatic N) is 2. The Balaban J connectivity index is 1.80. The molecule has 1 saturated carbocycles. The molecule has 1 aliphatic carbocycles. The predicted octanol–water partition coefficient (Wildman–Crippen LogP) is 2.67. The van der Waals surface area contributed by atoms with Crippen LogP contribution in [0.15, 0.2) is 12.1 Å². The molecule has 0 aromatic heterocycles. The monoisotopic (exact) mass is 416 g/mol. The third kappa shape index (κ3) is 4.65. The summed E-state index contributed by atoms with van der Waals surface area (Å²) in [5, 5.41) is 37.4. The summed E-state index contributed by atoms with van der Waals surface area (Å²) >= 11 is 0. The number of aldehydes is 1. The minimum absolute atomic E-state index is 0.0000775. The maximum Gasteiger partial charge on any atom is 0.185 e. The van der Waals surface area contributed by atoms with E-state index < -0.39 is 0 Å². The van der Waals surface area contributed by atoms with Gasteiger partial charge in [-0.2, -0.15) is 0 Å². The van der Waals surface area contributed by atoms with Crippen LogP contribution in [0, 0.1) is 10.8 Å². The van der Waals surface area contributed by atoms with Crippen LogP contribution in [-0.4, -0.2) is 76.4 Å². The van der Waals surface area contributed by atoms with E-state index in [1.807, 2.05) is 13.8 Å². The van der Waals surface area contributed by atoms with Gasteiger partial charge in [-0.15, -0.1) is 0 Å². The van der Waals surface area contributed by atoms with Gasteiger partial charge in [0.05, 0.1) is 18.8 Å². The molecule has 0 spiro atoms. The zero-order valence-corrected chi connectivity index (χ0v) is 17.7. The minimum atomic E-state index is -0.284. The molecule has 1 heterocycles. The van der Waals surface area contributed by atoms with Gasteiger partial charge in [-0.05, 0) is 43.2 Å². The van der Waals surface area contributed by atoms with Crippen LogP contribution in [0.1, 0.15) is 56.6 Å². The lowest BCUT2D eigenvalue weighted by Crippen LogP contribution is -2.50. The van der Waals surface area contributed by atoms with Gasteiger partial charge in [0.25, 0.3) is 0 Å². The number of carbonyl (C=O) groups is 1. The summed E-state index contributed by atoms with van der Waals surface area (Å²) in [5.41, 5.74) is 0.833. The lowest BCUT2D eigenvalue weighted by atomic mass is 9.88. The van der Waals surface area contributed by atoms with Crippen molar-refractivity contribution in [1.82, 2.24) is 9.80 Å². The molecule has 8 nitrogen and oxygen atoms in total. The van der Waals surface area contributed by atoms with E-state index in [9.17, 15) is 15.0 Å². The fourth-order valence-corrected chi connectivity index (χ4v) is 4.56. The van der Waals surface area contributed by atoms with Crippen LogP contribution < -0.4 is 0 Å². The Hall–Kier alpha value is -2.45. The van der Waals surface area contributed by atoms with Crippen molar-refractivity contribution in [3.63, 3.8) is 0 Å². The summed E-state index contributed by atoms with van der Waals surface area (Å²) in [7, 11) is 0. The first-order valence-corrected chi connectivity index (χ1v) is 10.6. The van der Waals surface area contributed by atoms with E-state index in [-0.39, 0.29) is 40.7 Å². The van der Waals surface area contributed by atoms with E-state index in [1.54, 1.807) is 6.07 Å². The van der Waals surface area contributed by atoms with Crippen LogP contribution in [-0.2, 0) is 9.53 Å². The SMILES string of the molecule is CC(C)c1cc(C(=N)N(C(=N)C=O)C2CCC(N3CCOCC3)CC2)c(O)cc1O. The number of rotatable bonds is 5. The molecule has 1 aliphatic heterocycles. The zero-order valence-electron chi connectivity index (χ0n) is 17.7. The molecule has 8 heteroatoms. The lowest BCUT2D eigenvalue weighted by Gasteiger charge is -2.42. The second kappa shape index (κ2) is 9.57. The fourth-order valence-electron chi connectivity index (χ4n) is 4.56. The van der Waals surface area contributed by atoms with Crippen LogP contribution in [0.4, 0.5) is 0 Å². The summed E-state index contributed by atoms with van der Waals surface area (Å²) in [6.07, 6.45) is 3.83. The Morgan fingerprint density at radius 3 is 2.33 bits per heavy atom. The molecule has 0 bridgehead atoms. The van der Waals surface area contributed by atoms with Crippen molar-refractivity contribution in [3.8, 4) is 11.5 Å². The summed E-state index contributed by atoms with van der Waals surface area (Å²) in [5.74, 6) is -0.621. The summed E-state index contributed by atoms with van der Waals surface area (Å²) < 4.78 is 5.44. The van der Waals surface area contributed by atoms with Gasteiger partial charge in [0.2, 0.25) is 0 Å². The highest BCUT2D eigenvalue weighted by atomic mass is 16.5. The van der Waals surface area contributed by atoms with Crippen molar-refractivity contribution in [1.29, 1.82) is 10.8 Å². The topological polar surface area (TPSA) is 121 Å². The number of nitrogens with one attached hydrogen (secondary N) is 2. The first kappa shape index (κ1) is 22.2. The quantitative estimate of drug-likeness (QED) is 0.333. The Morgan fingerprint density at radius 2 is 1.77 bits per heavy atom. The van der Waals surface area contributed by atoms with Crippen LogP contribution in [0.3, 0.4) is 0 Å². The fraction of sp³-hybridized carbons (Fsp3) is 0.591. The van der Waals surface area contributed by atoms with Crippen LogP contribution in [0.2, 0.25) is 0 Å². The van der Waals surface area contributed by atoms with Gasteiger partial charge in [-0.1, -0.05) is 13.8 Å². The summed E-state index contributed by atoms with van der Waals surface area (Å²) in [6.45, 7) is 7.20. The zero-order chi connectivity index (χ0) is 21.8. The average Bonchev–Trinajstić information content (AvgIpc) is 2.74. The molecule has 4 N–H and O–H groups in total. The number of hydrogen-bond acceptors (Lipinski definition) is 7. The molecule has 30 heavy (non-hydrogen) atoms. The number of ether oxygens (including phenoxy) is 1. The van der Waals surface area contributed by atoms with Gasteiger partial charge in [0.15, 0.2) is 12.1 Å². The lowest BCUT2D eigenvalue weighted by molar-refractivity contribution is -0.103. The summed E-state index contributed by atoms with van der Waals surface area (Å²) in [4.78, 5) is 15.3.